The SMILES string of the molecule is CCCCC#C[C@H](C)[C@@H](C)O. The Bertz CT molecular complexity index is 139. The summed E-state index contributed by atoms with van der Waals surface area (Å²) in [5.41, 5.74) is 0. The number of hydrogen-bond donors (Lipinski definition) is 1. The molecule has 0 fully saturated rings. The van der Waals surface area contributed by atoms with Crippen molar-refractivity contribution in [3.63, 3.8) is 0 Å². The van der Waals surface area contributed by atoms with Gasteiger partial charge in [0.1, 0.15) is 0 Å². The monoisotopic (exact) mass is 154 g/mol. The van der Waals surface area contributed by atoms with Crippen LogP contribution in [0.4, 0.5) is 0 Å². The summed E-state index contributed by atoms with van der Waals surface area (Å²) in [6, 6.07) is 0. The highest BCUT2D eigenvalue weighted by Crippen LogP contribution is 1.99. The topological polar surface area (TPSA) is 20.2 Å². The van der Waals surface area contributed by atoms with Gasteiger partial charge in [-0.15, -0.1) is 5.92 Å². The number of hydrogen-bond acceptors (Lipinski definition) is 1. The zero-order chi connectivity index (χ0) is 8.69. The minimum atomic E-state index is -0.302. The van der Waals surface area contributed by atoms with E-state index >= 15 is 0 Å². The molecule has 1 N–H and O–H groups in total. The first-order valence-electron chi connectivity index (χ1n) is 4.35. The first-order valence-corrected chi connectivity index (χ1v) is 4.35. The molecule has 0 spiro atoms. The predicted octanol–water partition coefficient (Wildman–Crippen LogP) is 2.20. The molecule has 0 amide bonds. The van der Waals surface area contributed by atoms with Gasteiger partial charge in [-0.2, -0.15) is 0 Å². The van der Waals surface area contributed by atoms with Crippen molar-refractivity contribution in [1.82, 2.24) is 0 Å². The van der Waals surface area contributed by atoms with Gasteiger partial charge in [-0.05, 0) is 20.3 Å². The second-order valence-corrected chi connectivity index (χ2v) is 2.95. The quantitative estimate of drug-likeness (QED) is 0.488. The van der Waals surface area contributed by atoms with E-state index in [1.54, 1.807) is 6.92 Å². The molecule has 11 heavy (non-hydrogen) atoms. The molecule has 0 saturated carbocycles. The molecule has 0 rings (SSSR count). The molecule has 0 radical (unpaired) electrons. The Morgan fingerprint density at radius 2 is 2.00 bits per heavy atom. The molecule has 0 aromatic heterocycles. The molecule has 0 saturated heterocycles. The van der Waals surface area contributed by atoms with E-state index < -0.39 is 0 Å². The van der Waals surface area contributed by atoms with Crippen LogP contribution in [0.15, 0.2) is 0 Å². The summed E-state index contributed by atoms with van der Waals surface area (Å²) in [5, 5.41) is 9.07. The van der Waals surface area contributed by atoms with Crippen molar-refractivity contribution in [1.29, 1.82) is 0 Å². The summed E-state index contributed by atoms with van der Waals surface area (Å²) in [6.45, 7) is 5.88. The fourth-order valence-corrected chi connectivity index (χ4v) is 0.619. The third kappa shape index (κ3) is 5.94. The Labute approximate surface area is 69.8 Å². The van der Waals surface area contributed by atoms with Crippen LogP contribution in [0.5, 0.6) is 0 Å². The average Bonchev–Trinajstić information content (AvgIpc) is 1.97. The maximum atomic E-state index is 9.07. The first kappa shape index (κ1) is 10.5. The van der Waals surface area contributed by atoms with Gasteiger partial charge in [0.25, 0.3) is 0 Å². The third-order valence-corrected chi connectivity index (χ3v) is 1.71. The largest absolute Gasteiger partial charge is 0.392 e. The van der Waals surface area contributed by atoms with E-state index in [9.17, 15) is 0 Å². The summed E-state index contributed by atoms with van der Waals surface area (Å²) >= 11 is 0. The summed E-state index contributed by atoms with van der Waals surface area (Å²) in [4.78, 5) is 0. The molecule has 0 bridgehead atoms. The second-order valence-electron chi connectivity index (χ2n) is 2.95. The predicted molar refractivity (Wildman–Crippen MR) is 48.1 cm³/mol. The first-order chi connectivity index (χ1) is 5.18. The van der Waals surface area contributed by atoms with E-state index in [-0.39, 0.29) is 12.0 Å². The lowest BCUT2D eigenvalue weighted by atomic mass is 10.1. The fourth-order valence-electron chi connectivity index (χ4n) is 0.619. The Morgan fingerprint density at radius 3 is 2.45 bits per heavy atom. The van der Waals surface area contributed by atoms with Crippen molar-refractivity contribution in [2.45, 2.75) is 46.1 Å². The molecule has 2 atom stereocenters. The molecular weight excluding hydrogens is 136 g/mol. The smallest absolute Gasteiger partial charge is 0.0646 e. The molecule has 0 aromatic rings. The van der Waals surface area contributed by atoms with E-state index in [1.165, 1.54) is 12.8 Å². The molecule has 1 nitrogen and oxygen atoms in total. The van der Waals surface area contributed by atoms with Crippen LogP contribution in [0.3, 0.4) is 0 Å². The van der Waals surface area contributed by atoms with Crippen LogP contribution in [0, 0.1) is 17.8 Å². The highest BCUT2D eigenvalue weighted by Gasteiger charge is 2.02. The van der Waals surface area contributed by atoms with Gasteiger partial charge in [0.15, 0.2) is 0 Å². The van der Waals surface area contributed by atoms with Crippen LogP contribution in [-0.4, -0.2) is 11.2 Å². The Hall–Kier alpha value is -0.480. The Kier molecular flexibility index (Phi) is 5.97. The normalized spacial score (nSPS) is 14.9. The van der Waals surface area contributed by atoms with Gasteiger partial charge in [-0.3, -0.25) is 0 Å². The van der Waals surface area contributed by atoms with Crippen molar-refractivity contribution in [2.75, 3.05) is 0 Å². The van der Waals surface area contributed by atoms with Crippen molar-refractivity contribution in [3.05, 3.63) is 0 Å². The molecule has 0 heterocycles. The zero-order valence-corrected chi connectivity index (χ0v) is 7.72. The van der Waals surface area contributed by atoms with Crippen molar-refractivity contribution in [2.24, 2.45) is 5.92 Å². The van der Waals surface area contributed by atoms with Crippen LogP contribution in [0.2, 0.25) is 0 Å². The number of unbranched alkanes of at least 4 members (excludes halogenated alkanes) is 2. The zero-order valence-electron chi connectivity index (χ0n) is 7.72. The van der Waals surface area contributed by atoms with Crippen molar-refractivity contribution < 1.29 is 5.11 Å². The average molecular weight is 154 g/mol. The summed E-state index contributed by atoms with van der Waals surface area (Å²) in [5.74, 6) is 6.19. The highest BCUT2D eigenvalue weighted by atomic mass is 16.3. The lowest BCUT2D eigenvalue weighted by molar-refractivity contribution is 0.161. The van der Waals surface area contributed by atoms with Gasteiger partial charge < -0.3 is 5.11 Å². The minimum Gasteiger partial charge on any atom is -0.392 e. The highest BCUT2D eigenvalue weighted by molar-refractivity contribution is 5.03. The Balaban J connectivity index is 3.51. The van der Waals surface area contributed by atoms with Gasteiger partial charge in [-0.1, -0.05) is 19.3 Å². The molecule has 0 aliphatic heterocycles. The van der Waals surface area contributed by atoms with E-state index in [4.69, 9.17) is 5.11 Å². The molecular formula is C10H18O. The van der Waals surface area contributed by atoms with Crippen LogP contribution in [0.1, 0.15) is 40.0 Å². The second kappa shape index (κ2) is 6.24. The summed E-state index contributed by atoms with van der Waals surface area (Å²) in [7, 11) is 0. The molecule has 1 heteroatoms. The minimum absolute atomic E-state index is 0.117. The van der Waals surface area contributed by atoms with Crippen molar-refractivity contribution in [3.8, 4) is 11.8 Å². The van der Waals surface area contributed by atoms with Gasteiger partial charge in [0.05, 0.1) is 6.10 Å². The van der Waals surface area contributed by atoms with Crippen LogP contribution < -0.4 is 0 Å². The summed E-state index contributed by atoms with van der Waals surface area (Å²) in [6.07, 6.45) is 3.02. The van der Waals surface area contributed by atoms with Crippen molar-refractivity contribution >= 4 is 0 Å². The maximum Gasteiger partial charge on any atom is 0.0646 e. The molecule has 64 valence electrons. The van der Waals surface area contributed by atoms with Crippen LogP contribution >= 0.6 is 0 Å². The standard InChI is InChI=1S/C10H18O/c1-4-5-6-7-8-9(2)10(3)11/h9-11H,4-6H2,1-3H3/t9-,10+/m0/s1. The van der Waals surface area contributed by atoms with E-state index in [0.29, 0.717) is 0 Å². The lowest BCUT2D eigenvalue weighted by Gasteiger charge is -2.05. The van der Waals surface area contributed by atoms with E-state index in [0.717, 1.165) is 6.42 Å². The lowest BCUT2D eigenvalue weighted by Crippen LogP contribution is -2.10. The molecule has 0 aliphatic rings. The molecule has 0 aliphatic carbocycles. The number of rotatable bonds is 3. The summed E-state index contributed by atoms with van der Waals surface area (Å²) < 4.78 is 0. The van der Waals surface area contributed by atoms with Crippen LogP contribution in [0.25, 0.3) is 0 Å². The molecule has 0 aromatic carbocycles. The fraction of sp³-hybridized carbons (Fsp3) is 0.800. The Morgan fingerprint density at radius 1 is 1.36 bits per heavy atom. The van der Waals surface area contributed by atoms with E-state index in [2.05, 4.69) is 18.8 Å². The van der Waals surface area contributed by atoms with Crippen LogP contribution in [-0.2, 0) is 0 Å². The van der Waals surface area contributed by atoms with Gasteiger partial charge >= 0.3 is 0 Å². The van der Waals surface area contributed by atoms with E-state index in [1.807, 2.05) is 6.92 Å². The number of aliphatic hydroxyl groups is 1. The third-order valence-electron chi connectivity index (χ3n) is 1.71. The van der Waals surface area contributed by atoms with Gasteiger partial charge in [-0.25, -0.2) is 0 Å². The van der Waals surface area contributed by atoms with Gasteiger partial charge in [0.2, 0.25) is 0 Å². The number of aliphatic hydroxyl groups excluding tert-OH is 1. The molecule has 0 unspecified atom stereocenters. The maximum absolute atomic E-state index is 9.07. The van der Waals surface area contributed by atoms with Gasteiger partial charge in [0, 0.05) is 12.3 Å².